The maximum atomic E-state index is 12.6. The third-order valence-corrected chi connectivity index (χ3v) is 6.79. The number of nitrogens with one attached hydrogen (secondary N) is 1. The van der Waals surface area contributed by atoms with Gasteiger partial charge in [0.1, 0.15) is 0 Å². The van der Waals surface area contributed by atoms with Gasteiger partial charge in [0.05, 0.1) is 11.4 Å². The second kappa shape index (κ2) is 7.35. The van der Waals surface area contributed by atoms with E-state index in [2.05, 4.69) is 5.32 Å². The highest BCUT2D eigenvalue weighted by Gasteiger charge is 2.26. The highest BCUT2D eigenvalue weighted by atomic mass is 32.2. The van der Waals surface area contributed by atoms with E-state index in [4.69, 9.17) is 9.47 Å². The zero-order valence-electron chi connectivity index (χ0n) is 15.6. The first-order chi connectivity index (χ1) is 13.5. The van der Waals surface area contributed by atoms with Crippen LogP contribution in [0.3, 0.4) is 0 Å². The lowest BCUT2D eigenvalue weighted by atomic mass is 10.0. The van der Waals surface area contributed by atoms with Crippen molar-refractivity contribution in [2.75, 3.05) is 23.4 Å². The van der Waals surface area contributed by atoms with Crippen molar-refractivity contribution in [1.29, 1.82) is 0 Å². The van der Waals surface area contributed by atoms with Gasteiger partial charge in [0.15, 0.2) is 11.5 Å². The predicted molar refractivity (Wildman–Crippen MR) is 105 cm³/mol. The summed E-state index contributed by atoms with van der Waals surface area (Å²) in [6.07, 6.45) is 1.50. The number of nitrogens with zero attached hydrogens (tertiary/aromatic N) is 1. The van der Waals surface area contributed by atoms with Crippen LogP contribution in [0.15, 0.2) is 36.4 Å². The van der Waals surface area contributed by atoms with Crippen molar-refractivity contribution in [2.45, 2.75) is 26.3 Å². The number of amides is 1. The fourth-order valence-electron chi connectivity index (χ4n) is 3.48. The second-order valence-electron chi connectivity index (χ2n) is 6.79. The minimum Gasteiger partial charge on any atom is -0.454 e. The molecule has 7 nitrogen and oxygen atoms in total. The first kappa shape index (κ1) is 18.6. The molecule has 2 heterocycles. The lowest BCUT2D eigenvalue weighted by Gasteiger charge is -2.30. The summed E-state index contributed by atoms with van der Waals surface area (Å²) in [6, 6.07) is 10.8. The summed E-state index contributed by atoms with van der Waals surface area (Å²) in [4.78, 5) is 12.6. The van der Waals surface area contributed by atoms with E-state index in [1.165, 1.54) is 4.31 Å². The van der Waals surface area contributed by atoms with Crippen LogP contribution in [0.4, 0.5) is 5.69 Å². The summed E-state index contributed by atoms with van der Waals surface area (Å²) >= 11 is 0. The van der Waals surface area contributed by atoms with Gasteiger partial charge >= 0.3 is 0 Å². The van der Waals surface area contributed by atoms with Gasteiger partial charge in [-0.25, -0.2) is 8.42 Å². The molecule has 2 aromatic rings. The Morgan fingerprint density at radius 3 is 2.79 bits per heavy atom. The number of hydrogen-bond acceptors (Lipinski definition) is 5. The highest BCUT2D eigenvalue weighted by molar-refractivity contribution is 7.92. The Labute approximate surface area is 164 Å². The van der Waals surface area contributed by atoms with Crippen molar-refractivity contribution in [1.82, 2.24) is 5.32 Å². The Morgan fingerprint density at radius 2 is 1.96 bits per heavy atom. The van der Waals surface area contributed by atoms with Crippen molar-refractivity contribution in [2.24, 2.45) is 0 Å². The van der Waals surface area contributed by atoms with Gasteiger partial charge in [-0.3, -0.25) is 9.10 Å². The molecular weight excluding hydrogens is 380 g/mol. The number of ether oxygens (including phenoxy) is 2. The van der Waals surface area contributed by atoms with Crippen LogP contribution in [0.25, 0.3) is 0 Å². The Balaban J connectivity index is 1.48. The number of aryl methyl sites for hydroxylation is 1. The van der Waals surface area contributed by atoms with Gasteiger partial charge in [-0.2, -0.15) is 0 Å². The largest absolute Gasteiger partial charge is 0.454 e. The van der Waals surface area contributed by atoms with Crippen molar-refractivity contribution < 1.29 is 22.7 Å². The monoisotopic (exact) mass is 402 g/mol. The van der Waals surface area contributed by atoms with E-state index in [1.807, 2.05) is 18.2 Å². The van der Waals surface area contributed by atoms with Gasteiger partial charge in [0.25, 0.3) is 5.91 Å². The molecule has 0 radical (unpaired) electrons. The van der Waals surface area contributed by atoms with Crippen molar-refractivity contribution >= 4 is 21.6 Å². The van der Waals surface area contributed by atoms with Gasteiger partial charge in [-0.15, -0.1) is 0 Å². The molecule has 0 aliphatic carbocycles. The molecular formula is C20H22N2O5S. The smallest absolute Gasteiger partial charge is 0.251 e. The minimum atomic E-state index is -3.31. The van der Waals surface area contributed by atoms with E-state index < -0.39 is 10.0 Å². The Bertz CT molecular complexity index is 1020. The summed E-state index contributed by atoms with van der Waals surface area (Å²) in [5, 5.41) is 2.90. The fraction of sp³-hybridized carbons (Fsp3) is 0.350. The number of carbonyl (C=O) groups is 1. The van der Waals surface area contributed by atoms with Gasteiger partial charge in [0.2, 0.25) is 16.8 Å². The number of fused-ring (bicyclic) bond motifs is 2. The zero-order chi connectivity index (χ0) is 19.7. The molecule has 2 aromatic carbocycles. The molecule has 148 valence electrons. The van der Waals surface area contributed by atoms with Gasteiger partial charge in [0, 0.05) is 18.7 Å². The van der Waals surface area contributed by atoms with E-state index in [0.29, 0.717) is 35.8 Å². The Kier molecular flexibility index (Phi) is 4.89. The highest BCUT2D eigenvalue weighted by Crippen LogP contribution is 2.33. The van der Waals surface area contributed by atoms with E-state index in [9.17, 15) is 13.2 Å². The summed E-state index contributed by atoms with van der Waals surface area (Å²) in [6.45, 7) is 2.70. The first-order valence-corrected chi connectivity index (χ1v) is 10.9. The van der Waals surface area contributed by atoms with Crippen LogP contribution < -0.4 is 19.1 Å². The summed E-state index contributed by atoms with van der Waals surface area (Å²) in [5.41, 5.74) is 3.01. The fourth-order valence-corrected chi connectivity index (χ4v) is 4.68. The number of sulfonamides is 1. The molecule has 4 rings (SSSR count). The molecule has 0 atom stereocenters. The van der Waals surface area contributed by atoms with E-state index in [1.54, 1.807) is 25.1 Å². The lowest BCUT2D eigenvalue weighted by Crippen LogP contribution is -2.36. The molecule has 0 saturated heterocycles. The van der Waals surface area contributed by atoms with Gasteiger partial charge in [-0.1, -0.05) is 6.07 Å². The molecule has 2 aliphatic heterocycles. The third kappa shape index (κ3) is 3.52. The van der Waals surface area contributed by atoms with Crippen LogP contribution in [0, 0.1) is 0 Å². The third-order valence-electron chi connectivity index (χ3n) is 5.01. The number of carbonyl (C=O) groups excluding carboxylic acids is 1. The van der Waals surface area contributed by atoms with Crippen LogP contribution in [-0.4, -0.2) is 33.4 Å². The molecule has 0 saturated carbocycles. The van der Waals surface area contributed by atoms with Crippen LogP contribution in [0.2, 0.25) is 0 Å². The topological polar surface area (TPSA) is 84.9 Å². The molecule has 28 heavy (non-hydrogen) atoms. The first-order valence-electron chi connectivity index (χ1n) is 9.28. The number of anilines is 1. The Morgan fingerprint density at radius 1 is 1.14 bits per heavy atom. The second-order valence-corrected chi connectivity index (χ2v) is 8.97. The molecule has 0 bridgehead atoms. The molecule has 1 N–H and O–H groups in total. The number of rotatable bonds is 5. The van der Waals surface area contributed by atoms with Gasteiger partial charge in [-0.05, 0) is 61.2 Å². The van der Waals surface area contributed by atoms with Crippen molar-refractivity contribution in [3.63, 3.8) is 0 Å². The normalized spacial score (nSPS) is 15.2. The molecule has 0 spiro atoms. The molecule has 1 amide bonds. The Hall–Kier alpha value is -2.74. The number of hydrogen-bond donors (Lipinski definition) is 1. The maximum Gasteiger partial charge on any atom is 0.251 e. The van der Waals surface area contributed by atoms with Gasteiger partial charge < -0.3 is 14.8 Å². The SMILES string of the molecule is CCS(=O)(=O)N1CCCc2cc(C(=O)NCc3ccc4c(c3)OCO4)ccc21. The van der Waals surface area contributed by atoms with Crippen LogP contribution in [0.1, 0.15) is 34.8 Å². The minimum absolute atomic E-state index is 0.0597. The van der Waals surface area contributed by atoms with Crippen LogP contribution >= 0.6 is 0 Å². The quantitative estimate of drug-likeness (QED) is 0.830. The van der Waals surface area contributed by atoms with Crippen LogP contribution in [0.5, 0.6) is 11.5 Å². The molecule has 0 unspecified atom stereocenters. The molecule has 0 aromatic heterocycles. The van der Waals surface area contributed by atoms with E-state index >= 15 is 0 Å². The molecule has 8 heteroatoms. The average Bonchev–Trinajstić information content (AvgIpc) is 3.19. The van der Waals surface area contributed by atoms with E-state index in [-0.39, 0.29) is 18.5 Å². The average molecular weight is 402 g/mol. The predicted octanol–water partition coefficient (Wildman–Crippen LogP) is 2.45. The molecule has 2 aliphatic rings. The van der Waals surface area contributed by atoms with Crippen LogP contribution in [-0.2, 0) is 23.0 Å². The van der Waals surface area contributed by atoms with E-state index in [0.717, 1.165) is 24.0 Å². The lowest BCUT2D eigenvalue weighted by molar-refractivity contribution is 0.0950. The maximum absolute atomic E-state index is 12.6. The standard InChI is InChI=1S/C20H22N2O5S/c1-2-28(24,25)22-9-3-4-15-11-16(6-7-17(15)22)20(23)21-12-14-5-8-18-19(10-14)27-13-26-18/h5-8,10-11H,2-4,9,12-13H2,1H3,(H,21,23). The van der Waals surface area contributed by atoms with Crippen molar-refractivity contribution in [3.8, 4) is 11.5 Å². The number of benzene rings is 2. The zero-order valence-corrected chi connectivity index (χ0v) is 16.4. The summed E-state index contributed by atoms with van der Waals surface area (Å²) in [7, 11) is -3.31. The molecule has 0 fully saturated rings. The summed E-state index contributed by atoms with van der Waals surface area (Å²) < 4.78 is 36.7. The summed E-state index contributed by atoms with van der Waals surface area (Å²) in [5.74, 6) is 1.24. The van der Waals surface area contributed by atoms with Crippen molar-refractivity contribution in [3.05, 3.63) is 53.1 Å².